The third-order valence-corrected chi connectivity index (χ3v) is 2.47. The van der Waals surface area contributed by atoms with Crippen molar-refractivity contribution in [2.75, 3.05) is 6.54 Å². The van der Waals surface area contributed by atoms with Crippen LogP contribution in [0.1, 0.15) is 18.0 Å². The summed E-state index contributed by atoms with van der Waals surface area (Å²) in [5, 5.41) is 20.6. The molecule has 6 heteroatoms. The van der Waals surface area contributed by atoms with Crippen LogP contribution in [0.15, 0.2) is 30.3 Å². The van der Waals surface area contributed by atoms with E-state index in [4.69, 9.17) is 10.8 Å². The summed E-state index contributed by atoms with van der Waals surface area (Å²) in [6.07, 6.45) is -1.64. The van der Waals surface area contributed by atoms with Crippen LogP contribution in [-0.4, -0.2) is 34.7 Å². The number of carboxylic acids is 1. The van der Waals surface area contributed by atoms with Crippen molar-refractivity contribution in [1.29, 1.82) is 0 Å². The fourth-order valence-corrected chi connectivity index (χ4v) is 1.54. The van der Waals surface area contributed by atoms with Crippen molar-refractivity contribution in [3.05, 3.63) is 35.9 Å². The van der Waals surface area contributed by atoms with Gasteiger partial charge in [0.25, 0.3) is 0 Å². The smallest absolute Gasteiger partial charge is 0.332 e. The Bertz CT molecular complexity index is 408. The summed E-state index contributed by atoms with van der Waals surface area (Å²) in [7, 11) is 0. The van der Waals surface area contributed by atoms with E-state index in [1.54, 1.807) is 30.3 Å². The van der Waals surface area contributed by atoms with Crippen LogP contribution in [0, 0.1) is 0 Å². The third kappa shape index (κ3) is 4.15. The van der Waals surface area contributed by atoms with Crippen LogP contribution < -0.4 is 11.1 Å². The van der Waals surface area contributed by atoms with Gasteiger partial charge in [-0.2, -0.15) is 0 Å². The fourth-order valence-electron chi connectivity index (χ4n) is 1.54. The number of carbonyl (C=O) groups is 2. The first-order chi connectivity index (χ1) is 8.54. The van der Waals surface area contributed by atoms with E-state index < -0.39 is 24.0 Å². The number of rotatable bonds is 6. The largest absolute Gasteiger partial charge is 0.479 e. The first kappa shape index (κ1) is 14.1. The Morgan fingerprint density at radius 3 is 2.39 bits per heavy atom. The van der Waals surface area contributed by atoms with Gasteiger partial charge in [-0.05, 0) is 5.56 Å². The van der Waals surface area contributed by atoms with E-state index in [1.165, 1.54) is 0 Å². The van der Waals surface area contributed by atoms with Crippen molar-refractivity contribution in [3.63, 3.8) is 0 Å². The first-order valence-corrected chi connectivity index (χ1v) is 5.50. The molecule has 1 unspecified atom stereocenters. The molecule has 98 valence electrons. The summed E-state index contributed by atoms with van der Waals surface area (Å²) in [6.45, 7) is -0.188. The SMILES string of the molecule is NCC(=O)NC(C[C@H](O)C(=O)O)c1ccccc1. The van der Waals surface area contributed by atoms with Crippen molar-refractivity contribution in [1.82, 2.24) is 5.32 Å². The molecule has 0 bridgehead atoms. The van der Waals surface area contributed by atoms with Crippen LogP contribution in [0.25, 0.3) is 0 Å². The highest BCUT2D eigenvalue weighted by molar-refractivity contribution is 5.78. The summed E-state index contributed by atoms with van der Waals surface area (Å²) < 4.78 is 0. The maximum Gasteiger partial charge on any atom is 0.332 e. The second kappa shape index (κ2) is 6.73. The summed E-state index contributed by atoms with van der Waals surface area (Å²) in [4.78, 5) is 21.9. The van der Waals surface area contributed by atoms with Gasteiger partial charge < -0.3 is 21.3 Å². The van der Waals surface area contributed by atoms with Gasteiger partial charge in [-0.15, -0.1) is 0 Å². The van der Waals surface area contributed by atoms with E-state index in [9.17, 15) is 14.7 Å². The molecule has 0 aliphatic carbocycles. The highest BCUT2D eigenvalue weighted by atomic mass is 16.4. The molecule has 0 aromatic heterocycles. The molecule has 0 heterocycles. The minimum atomic E-state index is -1.53. The Morgan fingerprint density at radius 2 is 1.89 bits per heavy atom. The molecule has 1 aromatic rings. The molecule has 0 saturated heterocycles. The van der Waals surface area contributed by atoms with E-state index in [0.717, 1.165) is 5.56 Å². The normalized spacial score (nSPS) is 13.7. The molecule has 5 N–H and O–H groups in total. The van der Waals surface area contributed by atoms with Gasteiger partial charge in [0.1, 0.15) is 0 Å². The monoisotopic (exact) mass is 252 g/mol. The predicted molar refractivity (Wildman–Crippen MR) is 64.6 cm³/mol. The van der Waals surface area contributed by atoms with Crippen LogP contribution >= 0.6 is 0 Å². The maximum absolute atomic E-state index is 11.3. The van der Waals surface area contributed by atoms with E-state index in [2.05, 4.69) is 5.32 Å². The molecule has 1 amide bonds. The summed E-state index contributed by atoms with van der Waals surface area (Å²) in [5.74, 6) is -1.72. The van der Waals surface area contributed by atoms with Crippen molar-refractivity contribution in [2.45, 2.75) is 18.6 Å². The van der Waals surface area contributed by atoms with Crippen LogP contribution in [0.4, 0.5) is 0 Å². The molecule has 2 atom stereocenters. The lowest BCUT2D eigenvalue weighted by molar-refractivity contribution is -0.147. The van der Waals surface area contributed by atoms with Gasteiger partial charge in [0.05, 0.1) is 12.6 Å². The van der Waals surface area contributed by atoms with Gasteiger partial charge in [-0.3, -0.25) is 4.79 Å². The van der Waals surface area contributed by atoms with Crippen LogP contribution in [0.3, 0.4) is 0 Å². The quantitative estimate of drug-likeness (QED) is 0.552. The van der Waals surface area contributed by atoms with Crippen molar-refractivity contribution in [3.8, 4) is 0 Å². The molecule has 1 aromatic carbocycles. The number of nitrogens with two attached hydrogens (primary N) is 1. The molecule has 0 aliphatic rings. The number of benzene rings is 1. The van der Waals surface area contributed by atoms with Crippen LogP contribution in [-0.2, 0) is 9.59 Å². The molecular formula is C12H16N2O4. The number of hydrogen-bond acceptors (Lipinski definition) is 4. The van der Waals surface area contributed by atoms with Crippen LogP contribution in [0.5, 0.6) is 0 Å². The number of aliphatic carboxylic acids is 1. The number of amides is 1. The average Bonchev–Trinajstić information content (AvgIpc) is 2.38. The van der Waals surface area contributed by atoms with Gasteiger partial charge in [0, 0.05) is 6.42 Å². The fraction of sp³-hybridized carbons (Fsp3) is 0.333. The molecule has 0 fully saturated rings. The van der Waals surface area contributed by atoms with Gasteiger partial charge >= 0.3 is 5.97 Å². The highest BCUT2D eigenvalue weighted by Gasteiger charge is 2.22. The Hall–Kier alpha value is -1.92. The van der Waals surface area contributed by atoms with Gasteiger partial charge in [0.15, 0.2) is 6.10 Å². The van der Waals surface area contributed by atoms with Gasteiger partial charge in [0.2, 0.25) is 5.91 Å². The first-order valence-electron chi connectivity index (χ1n) is 5.50. The van der Waals surface area contributed by atoms with Crippen molar-refractivity contribution < 1.29 is 19.8 Å². The Kier molecular flexibility index (Phi) is 5.29. The maximum atomic E-state index is 11.3. The summed E-state index contributed by atoms with van der Waals surface area (Å²) in [6, 6.07) is 8.26. The Morgan fingerprint density at radius 1 is 1.28 bits per heavy atom. The van der Waals surface area contributed by atoms with Crippen molar-refractivity contribution in [2.24, 2.45) is 5.73 Å². The third-order valence-electron chi connectivity index (χ3n) is 2.47. The van der Waals surface area contributed by atoms with Gasteiger partial charge in [-0.25, -0.2) is 4.79 Å². The lowest BCUT2D eigenvalue weighted by Gasteiger charge is -2.20. The second-order valence-electron chi connectivity index (χ2n) is 3.82. The van der Waals surface area contributed by atoms with Gasteiger partial charge in [-0.1, -0.05) is 30.3 Å². The number of aliphatic hydroxyl groups is 1. The molecular weight excluding hydrogens is 236 g/mol. The van der Waals surface area contributed by atoms with E-state index in [-0.39, 0.29) is 13.0 Å². The minimum Gasteiger partial charge on any atom is -0.479 e. The minimum absolute atomic E-state index is 0.106. The average molecular weight is 252 g/mol. The summed E-state index contributed by atoms with van der Waals surface area (Å²) in [5.41, 5.74) is 5.92. The molecule has 18 heavy (non-hydrogen) atoms. The van der Waals surface area contributed by atoms with Crippen molar-refractivity contribution >= 4 is 11.9 Å². The molecule has 6 nitrogen and oxygen atoms in total. The highest BCUT2D eigenvalue weighted by Crippen LogP contribution is 2.18. The molecule has 0 spiro atoms. The lowest BCUT2D eigenvalue weighted by atomic mass is 10.0. The standard InChI is InChI=1S/C12H16N2O4/c13-7-11(16)14-9(6-10(15)12(17)18)8-4-2-1-3-5-8/h1-5,9-10,15H,6-7,13H2,(H,14,16)(H,17,18)/t9?,10-/m0/s1. The Labute approximate surface area is 104 Å². The molecule has 0 saturated carbocycles. The molecule has 0 radical (unpaired) electrons. The topological polar surface area (TPSA) is 113 Å². The zero-order chi connectivity index (χ0) is 13.5. The predicted octanol–water partition coefficient (Wildman–Crippen LogP) is -0.362. The number of carbonyl (C=O) groups excluding carboxylic acids is 1. The number of nitrogens with one attached hydrogen (secondary N) is 1. The van der Waals surface area contributed by atoms with E-state index >= 15 is 0 Å². The zero-order valence-corrected chi connectivity index (χ0v) is 9.74. The van der Waals surface area contributed by atoms with Crippen LogP contribution in [0.2, 0.25) is 0 Å². The van der Waals surface area contributed by atoms with E-state index in [0.29, 0.717) is 0 Å². The zero-order valence-electron chi connectivity index (χ0n) is 9.74. The Balaban J connectivity index is 2.82. The lowest BCUT2D eigenvalue weighted by Crippen LogP contribution is -2.36. The number of carboxylic acid groups (broad SMARTS) is 1. The second-order valence-corrected chi connectivity index (χ2v) is 3.82. The van der Waals surface area contributed by atoms with E-state index in [1.807, 2.05) is 0 Å². The molecule has 0 aliphatic heterocycles. The summed E-state index contributed by atoms with van der Waals surface area (Å²) >= 11 is 0. The molecule has 1 rings (SSSR count). The number of hydrogen-bond donors (Lipinski definition) is 4. The number of aliphatic hydroxyl groups excluding tert-OH is 1.